The van der Waals surface area contributed by atoms with Crippen molar-refractivity contribution in [2.45, 2.75) is 39.2 Å². The number of hydrogen-bond donors (Lipinski definition) is 1. The Bertz CT molecular complexity index is 652. The second-order valence-electron chi connectivity index (χ2n) is 7.18. The van der Waals surface area contributed by atoms with Gasteiger partial charge in [-0.1, -0.05) is 69.0 Å². The first-order valence-electron chi connectivity index (χ1n) is 10.0. The number of aryl methyl sites for hydroxylation is 1. The van der Waals surface area contributed by atoms with Crippen LogP contribution >= 0.6 is 0 Å². The van der Waals surface area contributed by atoms with Crippen molar-refractivity contribution in [2.24, 2.45) is 5.92 Å². The molecule has 1 saturated heterocycles. The van der Waals surface area contributed by atoms with Crippen molar-refractivity contribution in [2.75, 3.05) is 27.2 Å². The van der Waals surface area contributed by atoms with Gasteiger partial charge in [0, 0.05) is 6.54 Å². The summed E-state index contributed by atoms with van der Waals surface area (Å²) >= 11 is 0. The highest BCUT2D eigenvalue weighted by Gasteiger charge is 2.27. The quantitative estimate of drug-likeness (QED) is 0.508. The van der Waals surface area contributed by atoms with Crippen molar-refractivity contribution in [1.82, 2.24) is 10.2 Å². The lowest BCUT2D eigenvalue weighted by atomic mass is 9.98. The lowest BCUT2D eigenvalue weighted by Crippen LogP contribution is -2.38. The number of amides is 1. The van der Waals surface area contributed by atoms with Crippen molar-refractivity contribution in [1.29, 1.82) is 0 Å². The maximum Gasteiger partial charge on any atom is 0.237 e. The molecule has 0 spiro atoms. The van der Waals surface area contributed by atoms with Crippen LogP contribution in [0, 0.1) is 5.92 Å². The molecule has 1 N–H and O–H groups in total. The fourth-order valence-electron chi connectivity index (χ4n) is 2.89. The van der Waals surface area contributed by atoms with Crippen molar-refractivity contribution < 1.29 is 9.53 Å². The van der Waals surface area contributed by atoms with E-state index in [0.29, 0.717) is 11.7 Å². The largest absolute Gasteiger partial charge is 0.497 e. The zero-order valence-corrected chi connectivity index (χ0v) is 17.9. The van der Waals surface area contributed by atoms with E-state index in [2.05, 4.69) is 61.5 Å². The van der Waals surface area contributed by atoms with Crippen LogP contribution in [-0.2, 0) is 16.0 Å². The fraction of sp³-hybridized carbons (Fsp3) is 0.458. The van der Waals surface area contributed by atoms with Crippen molar-refractivity contribution in [3.05, 3.63) is 72.5 Å². The number of benzene rings is 1. The minimum atomic E-state index is 0.0271. The zero-order valence-electron chi connectivity index (χ0n) is 17.9. The summed E-state index contributed by atoms with van der Waals surface area (Å²) in [7, 11) is 3.61. The number of allylic oxidation sites excluding steroid dienone is 3. The third kappa shape index (κ3) is 8.57. The fourth-order valence-corrected chi connectivity index (χ4v) is 2.89. The number of rotatable bonds is 9. The average Bonchev–Trinajstić information content (AvgIpc) is 3.16. The number of ether oxygens (including phenoxy) is 1. The van der Waals surface area contributed by atoms with Gasteiger partial charge in [-0.15, -0.1) is 0 Å². The van der Waals surface area contributed by atoms with Crippen LogP contribution in [0.25, 0.3) is 0 Å². The summed E-state index contributed by atoms with van der Waals surface area (Å²) in [4.78, 5) is 13.7. The van der Waals surface area contributed by atoms with Gasteiger partial charge < -0.3 is 10.1 Å². The smallest absolute Gasteiger partial charge is 0.237 e. The van der Waals surface area contributed by atoms with E-state index in [1.807, 2.05) is 25.3 Å². The summed E-state index contributed by atoms with van der Waals surface area (Å²) in [6, 6.07) is 10.5. The second-order valence-corrected chi connectivity index (χ2v) is 7.18. The Morgan fingerprint density at radius 2 is 2.00 bits per heavy atom. The first kappa shape index (κ1) is 23.7. The zero-order chi connectivity index (χ0) is 20.9. The van der Waals surface area contributed by atoms with Crippen LogP contribution in [0.3, 0.4) is 0 Å². The molecule has 1 aliphatic rings. The van der Waals surface area contributed by atoms with E-state index in [1.165, 1.54) is 5.56 Å². The minimum Gasteiger partial charge on any atom is -0.497 e. The molecule has 1 aromatic rings. The molecule has 1 aliphatic heterocycles. The molecule has 1 aromatic carbocycles. The summed E-state index contributed by atoms with van der Waals surface area (Å²) in [5.74, 6) is 1.14. The first-order valence-corrected chi connectivity index (χ1v) is 10.0. The monoisotopic (exact) mass is 384 g/mol. The predicted octanol–water partition coefficient (Wildman–Crippen LogP) is 4.35. The topological polar surface area (TPSA) is 41.6 Å². The molecule has 28 heavy (non-hydrogen) atoms. The molecule has 1 fully saturated rings. The summed E-state index contributed by atoms with van der Waals surface area (Å²) in [6.45, 7) is 13.8. The third-order valence-electron chi connectivity index (χ3n) is 5.10. The normalized spacial score (nSPS) is 17.0. The summed E-state index contributed by atoms with van der Waals surface area (Å²) < 4.78 is 4.98. The average molecular weight is 385 g/mol. The van der Waals surface area contributed by atoms with Gasteiger partial charge in [-0.3, -0.25) is 9.69 Å². The number of carbonyl (C=O) groups is 1. The number of nitrogens with one attached hydrogen (secondary N) is 1. The number of nitrogens with zero attached hydrogens (tertiary/aromatic N) is 1. The molecule has 2 atom stereocenters. The lowest BCUT2D eigenvalue weighted by Gasteiger charge is -2.23. The molecule has 0 aromatic heterocycles. The van der Waals surface area contributed by atoms with Gasteiger partial charge in [0.25, 0.3) is 0 Å². The van der Waals surface area contributed by atoms with Crippen LogP contribution in [0.4, 0.5) is 0 Å². The first-order chi connectivity index (χ1) is 13.4. The van der Waals surface area contributed by atoms with Gasteiger partial charge in [-0.2, -0.15) is 0 Å². The molecule has 2 rings (SSSR count). The highest BCUT2D eigenvalue weighted by molar-refractivity contribution is 5.83. The van der Waals surface area contributed by atoms with E-state index >= 15 is 0 Å². The highest BCUT2D eigenvalue weighted by atomic mass is 16.5. The summed E-state index contributed by atoms with van der Waals surface area (Å²) in [5.41, 5.74) is 2.46. The van der Waals surface area contributed by atoms with Crippen molar-refractivity contribution >= 4 is 5.91 Å². The highest BCUT2D eigenvalue weighted by Crippen LogP contribution is 2.17. The van der Waals surface area contributed by atoms with E-state index in [9.17, 15) is 4.79 Å². The number of carbonyl (C=O) groups excluding carboxylic acids is 1. The number of likely N-dealkylation sites (N-methyl/N-ethyl adjacent to an activating group) is 1. The molecule has 4 heteroatoms. The molecule has 0 radical (unpaired) electrons. The Balaban J connectivity index is 0.000000406. The van der Waals surface area contributed by atoms with Gasteiger partial charge in [0.1, 0.15) is 5.76 Å². The Morgan fingerprint density at radius 1 is 1.32 bits per heavy atom. The van der Waals surface area contributed by atoms with Gasteiger partial charge >= 0.3 is 0 Å². The van der Waals surface area contributed by atoms with Crippen molar-refractivity contribution in [3.63, 3.8) is 0 Å². The summed E-state index contributed by atoms with van der Waals surface area (Å²) in [6.07, 6.45) is 6.79. The standard InChI is InChI=1S/C16H26N2O2.C8H10/c1-12(6-7-14(3)20-5)13(2)9-11-18(4)15-8-10-17-16(15)19;1-2-8-6-4-3-5-7-8/h6-7,13,15H,1,3,8-11H2,2,4-5H3,(H,17,19);3-7H,2H2,1H3/b7-6-;. The van der Waals surface area contributed by atoms with E-state index in [1.54, 1.807) is 7.11 Å². The molecular formula is C24H36N2O2. The third-order valence-corrected chi connectivity index (χ3v) is 5.10. The van der Waals surface area contributed by atoms with Crippen LogP contribution in [0.1, 0.15) is 32.3 Å². The molecule has 0 aliphatic carbocycles. The number of hydrogen-bond acceptors (Lipinski definition) is 3. The lowest BCUT2D eigenvalue weighted by molar-refractivity contribution is -0.123. The van der Waals surface area contributed by atoms with Crippen LogP contribution < -0.4 is 5.32 Å². The second kappa shape index (κ2) is 12.9. The Hall–Kier alpha value is -2.33. The molecule has 2 unspecified atom stereocenters. The van der Waals surface area contributed by atoms with E-state index in [0.717, 1.165) is 37.9 Å². The molecule has 4 nitrogen and oxygen atoms in total. The van der Waals surface area contributed by atoms with Gasteiger partial charge in [-0.05, 0) is 50.4 Å². The van der Waals surface area contributed by atoms with Crippen LogP contribution in [0.5, 0.6) is 0 Å². The van der Waals surface area contributed by atoms with E-state index < -0.39 is 0 Å². The minimum absolute atomic E-state index is 0.0271. The molecule has 1 heterocycles. The molecule has 154 valence electrons. The molecular weight excluding hydrogens is 348 g/mol. The maximum absolute atomic E-state index is 11.6. The predicted molar refractivity (Wildman–Crippen MR) is 118 cm³/mol. The van der Waals surface area contributed by atoms with E-state index in [-0.39, 0.29) is 11.9 Å². The molecule has 0 saturated carbocycles. The molecule has 0 bridgehead atoms. The maximum atomic E-state index is 11.6. The van der Waals surface area contributed by atoms with Gasteiger partial charge in [0.05, 0.1) is 13.2 Å². The van der Waals surface area contributed by atoms with Crippen LogP contribution in [0.2, 0.25) is 0 Å². The summed E-state index contributed by atoms with van der Waals surface area (Å²) in [5, 5.41) is 2.87. The molecule has 1 amide bonds. The SMILES string of the molecule is C=C(/C=C\C(=C)C(C)CCN(C)C1CCNC1=O)OC.CCc1ccccc1. The van der Waals surface area contributed by atoms with Gasteiger partial charge in [-0.25, -0.2) is 0 Å². The van der Waals surface area contributed by atoms with Gasteiger partial charge in [0.15, 0.2) is 0 Å². The number of methoxy groups -OCH3 is 1. The Kier molecular flexibility index (Phi) is 11.0. The Labute approximate surface area is 171 Å². The van der Waals surface area contributed by atoms with Gasteiger partial charge in [0.2, 0.25) is 5.91 Å². The van der Waals surface area contributed by atoms with Crippen LogP contribution in [0.15, 0.2) is 67.0 Å². The Morgan fingerprint density at radius 3 is 2.50 bits per heavy atom. The van der Waals surface area contributed by atoms with Crippen molar-refractivity contribution in [3.8, 4) is 0 Å². The van der Waals surface area contributed by atoms with E-state index in [4.69, 9.17) is 4.74 Å². The van der Waals surface area contributed by atoms with Crippen LogP contribution in [-0.4, -0.2) is 44.1 Å².